The van der Waals surface area contributed by atoms with Crippen LogP contribution in [-0.4, -0.2) is 51.2 Å². The average Bonchev–Trinajstić information content (AvgIpc) is 3.48. The van der Waals surface area contributed by atoms with Crippen LogP contribution < -0.4 is 10.1 Å². The Morgan fingerprint density at radius 1 is 1.17 bits per heavy atom. The van der Waals surface area contributed by atoms with Crippen molar-refractivity contribution in [2.75, 3.05) is 19.4 Å². The molecule has 2 aliphatic carbocycles. The van der Waals surface area contributed by atoms with Gasteiger partial charge < -0.3 is 15.0 Å². The lowest BCUT2D eigenvalue weighted by atomic mass is 9.87. The molecule has 182 valence electrons. The second kappa shape index (κ2) is 9.11. The van der Waals surface area contributed by atoms with E-state index < -0.39 is 0 Å². The highest BCUT2D eigenvalue weighted by Gasteiger charge is 2.30. The van der Waals surface area contributed by atoms with E-state index in [1.165, 1.54) is 29.7 Å². The van der Waals surface area contributed by atoms with Gasteiger partial charge in [-0.2, -0.15) is 5.10 Å². The van der Waals surface area contributed by atoms with Crippen LogP contribution in [0.4, 0.5) is 11.5 Å². The summed E-state index contributed by atoms with van der Waals surface area (Å²) in [6.07, 6.45) is 12.0. The molecule has 2 N–H and O–H groups in total. The van der Waals surface area contributed by atoms with E-state index in [0.717, 1.165) is 70.5 Å². The van der Waals surface area contributed by atoms with Crippen LogP contribution in [-0.2, 0) is 17.6 Å². The van der Waals surface area contributed by atoms with Crippen molar-refractivity contribution >= 4 is 49.9 Å². The number of carbonyl (C=O) groups excluding carboxylic acids is 1. The molecule has 0 aliphatic heterocycles. The summed E-state index contributed by atoms with van der Waals surface area (Å²) in [5.41, 5.74) is 3.12. The zero-order chi connectivity index (χ0) is 23.9. The number of hydrogen-bond acceptors (Lipinski definition) is 7. The number of H-pyrrole nitrogens is 1. The Labute approximate surface area is 208 Å². The third-order valence-corrected chi connectivity index (χ3v) is 8.44. The first-order chi connectivity index (χ1) is 17.1. The Kier molecular flexibility index (Phi) is 5.80. The molecule has 0 radical (unpaired) electrons. The summed E-state index contributed by atoms with van der Waals surface area (Å²) in [6.45, 7) is 0. The monoisotopic (exact) mass is 490 g/mol. The Hall–Kier alpha value is -3.20. The van der Waals surface area contributed by atoms with Gasteiger partial charge in [0.2, 0.25) is 5.91 Å². The van der Waals surface area contributed by atoms with Gasteiger partial charge >= 0.3 is 0 Å². The third-order valence-electron chi connectivity index (χ3n) is 7.27. The van der Waals surface area contributed by atoms with Gasteiger partial charge in [-0.05, 0) is 56.6 Å². The minimum Gasteiger partial charge on any atom is -0.488 e. The van der Waals surface area contributed by atoms with Gasteiger partial charge in [0.05, 0.1) is 28.9 Å². The van der Waals surface area contributed by atoms with Crippen molar-refractivity contribution in [3.8, 4) is 5.75 Å². The predicted molar refractivity (Wildman–Crippen MR) is 139 cm³/mol. The van der Waals surface area contributed by atoms with Crippen molar-refractivity contribution in [1.82, 2.24) is 25.1 Å². The molecule has 9 heteroatoms. The number of anilines is 2. The molecule has 3 aromatic heterocycles. The van der Waals surface area contributed by atoms with E-state index in [0.29, 0.717) is 0 Å². The normalized spacial score (nSPS) is 18.5. The first-order valence-electron chi connectivity index (χ1n) is 12.4. The van der Waals surface area contributed by atoms with Crippen molar-refractivity contribution in [2.45, 2.75) is 57.5 Å². The quantitative estimate of drug-likeness (QED) is 0.398. The van der Waals surface area contributed by atoms with Crippen LogP contribution >= 0.6 is 11.3 Å². The molecular formula is C26H30N6O2S. The fraction of sp³-hybridized carbons (Fsp3) is 0.462. The lowest BCUT2D eigenvalue weighted by Gasteiger charge is -2.25. The van der Waals surface area contributed by atoms with Crippen molar-refractivity contribution in [3.05, 3.63) is 35.1 Å². The molecule has 35 heavy (non-hydrogen) atoms. The third kappa shape index (κ3) is 4.22. The maximum atomic E-state index is 12.6. The summed E-state index contributed by atoms with van der Waals surface area (Å²) < 4.78 is 6.51. The summed E-state index contributed by atoms with van der Waals surface area (Å²) in [7, 11) is 3.67. The summed E-state index contributed by atoms with van der Waals surface area (Å²) in [6, 6.07) is 4.12. The molecule has 1 aromatic carbocycles. The van der Waals surface area contributed by atoms with Crippen LogP contribution in [0.15, 0.2) is 24.7 Å². The number of thiophene rings is 1. The van der Waals surface area contributed by atoms with Crippen molar-refractivity contribution in [1.29, 1.82) is 0 Å². The number of aromatic nitrogens is 4. The molecule has 1 amide bonds. The number of benzene rings is 1. The van der Waals surface area contributed by atoms with E-state index in [1.54, 1.807) is 22.6 Å². The van der Waals surface area contributed by atoms with E-state index in [2.05, 4.69) is 31.5 Å². The molecule has 4 aromatic rings. The zero-order valence-corrected chi connectivity index (χ0v) is 21.0. The number of nitrogens with one attached hydrogen (secondary N) is 2. The number of aryl methyl sites for hydroxylation is 1. The molecule has 1 atom stereocenters. The topological polar surface area (TPSA) is 96.0 Å². The smallest absolute Gasteiger partial charge is 0.225 e. The average molecular weight is 491 g/mol. The van der Waals surface area contributed by atoms with Crippen molar-refractivity contribution in [2.24, 2.45) is 5.92 Å². The van der Waals surface area contributed by atoms with Gasteiger partial charge in [-0.3, -0.25) is 9.89 Å². The largest absolute Gasteiger partial charge is 0.488 e. The molecule has 8 nitrogen and oxygen atoms in total. The SMILES string of the molecule is CN(C)C(=O)[C@H]1CCc2c(sc3ncnc(Nc4cc5cn[nH]c5cc4OC4CCCCC4)c23)C1. The van der Waals surface area contributed by atoms with E-state index >= 15 is 0 Å². The van der Waals surface area contributed by atoms with Crippen LogP contribution in [0, 0.1) is 5.92 Å². The van der Waals surface area contributed by atoms with Crippen molar-refractivity contribution in [3.63, 3.8) is 0 Å². The van der Waals surface area contributed by atoms with E-state index in [-0.39, 0.29) is 17.9 Å². The second-order valence-corrected chi connectivity index (χ2v) is 11.0. The van der Waals surface area contributed by atoms with Gasteiger partial charge in [0.15, 0.2) is 0 Å². The highest BCUT2D eigenvalue weighted by Crippen LogP contribution is 2.42. The predicted octanol–water partition coefficient (Wildman–Crippen LogP) is 5.22. The minimum atomic E-state index is 0.0360. The Bertz CT molecular complexity index is 1390. The fourth-order valence-electron chi connectivity index (χ4n) is 5.44. The lowest BCUT2D eigenvalue weighted by molar-refractivity contribution is -0.133. The highest BCUT2D eigenvalue weighted by molar-refractivity contribution is 7.19. The maximum Gasteiger partial charge on any atom is 0.225 e. The van der Waals surface area contributed by atoms with Gasteiger partial charge in [-0.15, -0.1) is 11.3 Å². The van der Waals surface area contributed by atoms with Gasteiger partial charge in [0, 0.05) is 36.3 Å². The van der Waals surface area contributed by atoms with Crippen molar-refractivity contribution < 1.29 is 9.53 Å². The standard InChI is InChI=1S/C26H30N6O2S/c1-32(2)26(33)15-8-9-18-22(11-15)35-25-23(18)24(27-14-28-25)30-20-10-16-13-29-31-19(16)12-21(20)34-17-6-4-3-5-7-17/h10,12-15,17H,3-9,11H2,1-2H3,(H,29,31)(H,27,28,30)/t15-/m0/s1. The summed E-state index contributed by atoms with van der Waals surface area (Å²) in [5, 5.41) is 12.9. The number of nitrogens with zero attached hydrogens (tertiary/aromatic N) is 4. The number of carbonyl (C=O) groups is 1. The second-order valence-electron chi connectivity index (χ2n) is 9.89. The summed E-state index contributed by atoms with van der Waals surface area (Å²) in [5.74, 6) is 1.85. The molecule has 0 saturated heterocycles. The fourth-order valence-corrected chi connectivity index (χ4v) is 6.70. The maximum absolute atomic E-state index is 12.6. The Morgan fingerprint density at radius 2 is 2.03 bits per heavy atom. The number of amides is 1. The number of hydrogen-bond donors (Lipinski definition) is 2. The summed E-state index contributed by atoms with van der Waals surface area (Å²) >= 11 is 1.69. The number of aromatic amines is 1. The molecule has 0 spiro atoms. The zero-order valence-electron chi connectivity index (χ0n) is 20.1. The first kappa shape index (κ1) is 22.3. The molecule has 0 bridgehead atoms. The van der Waals surface area contributed by atoms with E-state index in [1.807, 2.05) is 26.4 Å². The molecule has 1 fully saturated rings. The van der Waals surface area contributed by atoms with Gasteiger partial charge in [0.25, 0.3) is 0 Å². The molecule has 6 rings (SSSR count). The first-order valence-corrected chi connectivity index (χ1v) is 13.3. The number of fused-ring (bicyclic) bond motifs is 4. The molecule has 1 saturated carbocycles. The molecule has 0 unspecified atom stereocenters. The number of ether oxygens (including phenoxy) is 1. The minimum absolute atomic E-state index is 0.0360. The van der Waals surface area contributed by atoms with Crippen LogP contribution in [0.3, 0.4) is 0 Å². The summed E-state index contributed by atoms with van der Waals surface area (Å²) in [4.78, 5) is 25.7. The van der Waals surface area contributed by atoms with Crippen LogP contribution in [0.1, 0.15) is 49.0 Å². The van der Waals surface area contributed by atoms with E-state index in [4.69, 9.17) is 4.74 Å². The van der Waals surface area contributed by atoms with Gasteiger partial charge in [-0.25, -0.2) is 9.97 Å². The van der Waals surface area contributed by atoms with E-state index in [9.17, 15) is 4.79 Å². The molecule has 2 aliphatic rings. The van der Waals surface area contributed by atoms with Gasteiger partial charge in [0.1, 0.15) is 22.7 Å². The lowest BCUT2D eigenvalue weighted by Crippen LogP contribution is -2.32. The molecular weight excluding hydrogens is 460 g/mol. The van der Waals surface area contributed by atoms with Crippen LogP contribution in [0.5, 0.6) is 5.75 Å². The van der Waals surface area contributed by atoms with Crippen LogP contribution in [0.25, 0.3) is 21.1 Å². The van der Waals surface area contributed by atoms with Crippen LogP contribution in [0.2, 0.25) is 0 Å². The number of rotatable bonds is 5. The Morgan fingerprint density at radius 3 is 2.86 bits per heavy atom. The highest BCUT2D eigenvalue weighted by atomic mass is 32.1. The molecule has 3 heterocycles. The van der Waals surface area contributed by atoms with Gasteiger partial charge in [-0.1, -0.05) is 6.42 Å². The Balaban J connectivity index is 1.36.